The Bertz CT molecular complexity index is 1180. The number of benzene rings is 1. The SMILES string of the molecule is CCOc1ccc(-c2csc3nc(C)nc(SCc4ccc(C(=O)OC)o4)c23)cc1. The molecule has 4 rings (SSSR count). The Morgan fingerprint density at radius 2 is 1.97 bits per heavy atom. The lowest BCUT2D eigenvalue weighted by atomic mass is 10.1. The Labute approximate surface area is 182 Å². The van der Waals surface area contributed by atoms with Gasteiger partial charge in [-0.3, -0.25) is 0 Å². The topological polar surface area (TPSA) is 74.5 Å². The number of carbonyl (C=O) groups is 1. The van der Waals surface area contributed by atoms with E-state index < -0.39 is 5.97 Å². The third-order valence-corrected chi connectivity index (χ3v) is 6.26. The van der Waals surface area contributed by atoms with Crippen LogP contribution in [-0.2, 0) is 10.5 Å². The van der Waals surface area contributed by atoms with Gasteiger partial charge in [0.2, 0.25) is 5.76 Å². The van der Waals surface area contributed by atoms with Crippen LogP contribution in [0.4, 0.5) is 0 Å². The minimum Gasteiger partial charge on any atom is -0.494 e. The first-order valence-corrected chi connectivity index (χ1v) is 11.2. The van der Waals surface area contributed by atoms with Crippen LogP contribution in [0.5, 0.6) is 5.75 Å². The van der Waals surface area contributed by atoms with E-state index in [-0.39, 0.29) is 5.76 Å². The third-order valence-electron chi connectivity index (χ3n) is 4.39. The van der Waals surface area contributed by atoms with E-state index in [1.54, 1.807) is 35.2 Å². The number of hydrogen-bond donors (Lipinski definition) is 0. The molecule has 0 radical (unpaired) electrons. The van der Waals surface area contributed by atoms with Gasteiger partial charge in [-0.15, -0.1) is 11.3 Å². The average Bonchev–Trinajstić information content (AvgIpc) is 3.39. The van der Waals surface area contributed by atoms with Gasteiger partial charge in [-0.2, -0.15) is 0 Å². The zero-order valence-electron chi connectivity index (χ0n) is 16.8. The summed E-state index contributed by atoms with van der Waals surface area (Å²) >= 11 is 3.16. The maximum Gasteiger partial charge on any atom is 0.373 e. The number of aromatic nitrogens is 2. The third kappa shape index (κ3) is 4.20. The van der Waals surface area contributed by atoms with Gasteiger partial charge in [-0.25, -0.2) is 14.8 Å². The largest absolute Gasteiger partial charge is 0.494 e. The van der Waals surface area contributed by atoms with Crippen LogP contribution < -0.4 is 4.74 Å². The van der Waals surface area contributed by atoms with Crippen LogP contribution in [0, 0.1) is 6.92 Å². The zero-order chi connectivity index (χ0) is 21.1. The van der Waals surface area contributed by atoms with Crippen molar-refractivity contribution in [3.05, 3.63) is 59.1 Å². The van der Waals surface area contributed by atoms with Crippen LogP contribution in [0.1, 0.15) is 29.1 Å². The maximum atomic E-state index is 11.6. The molecule has 0 N–H and O–H groups in total. The smallest absolute Gasteiger partial charge is 0.373 e. The molecule has 6 nitrogen and oxygen atoms in total. The van der Waals surface area contributed by atoms with Crippen molar-refractivity contribution in [2.24, 2.45) is 0 Å². The molecule has 8 heteroatoms. The Morgan fingerprint density at radius 1 is 1.17 bits per heavy atom. The standard InChI is InChI=1S/C22H20N2O4S2/c1-4-27-15-7-5-14(6-8-15)17-12-30-21-19(17)20(23-13(2)24-21)29-11-16-9-10-18(28-16)22(25)26-3/h5-10,12H,4,11H2,1-3H3. The molecule has 0 amide bonds. The molecule has 3 aromatic heterocycles. The van der Waals surface area contributed by atoms with Crippen molar-refractivity contribution in [2.75, 3.05) is 13.7 Å². The number of rotatable bonds is 7. The number of hydrogen-bond acceptors (Lipinski definition) is 8. The fourth-order valence-electron chi connectivity index (χ4n) is 3.03. The van der Waals surface area contributed by atoms with Gasteiger partial charge in [0.1, 0.15) is 27.2 Å². The summed E-state index contributed by atoms with van der Waals surface area (Å²) in [4.78, 5) is 21.8. The van der Waals surface area contributed by atoms with Crippen molar-refractivity contribution in [2.45, 2.75) is 24.6 Å². The molecule has 0 aliphatic carbocycles. The maximum absolute atomic E-state index is 11.6. The van der Waals surface area contributed by atoms with Gasteiger partial charge in [-0.1, -0.05) is 23.9 Å². The number of furan rings is 1. The number of nitrogens with zero attached hydrogens (tertiary/aromatic N) is 2. The minimum atomic E-state index is -0.484. The first-order chi connectivity index (χ1) is 14.6. The molecule has 0 fully saturated rings. The second kappa shape index (κ2) is 8.89. The van der Waals surface area contributed by atoms with Crippen molar-refractivity contribution in [1.29, 1.82) is 0 Å². The number of fused-ring (bicyclic) bond motifs is 1. The lowest BCUT2D eigenvalue weighted by Crippen LogP contribution is -1.98. The van der Waals surface area contributed by atoms with E-state index in [9.17, 15) is 4.79 Å². The summed E-state index contributed by atoms with van der Waals surface area (Å²) in [7, 11) is 1.33. The highest BCUT2D eigenvalue weighted by molar-refractivity contribution is 7.98. The molecule has 0 bridgehead atoms. The normalized spacial score (nSPS) is 11.0. The molecule has 1 aromatic carbocycles. The fourth-order valence-corrected chi connectivity index (χ4v) is 5.07. The lowest BCUT2D eigenvalue weighted by molar-refractivity contribution is 0.0563. The van der Waals surface area contributed by atoms with Crippen molar-refractivity contribution in [3.8, 4) is 16.9 Å². The van der Waals surface area contributed by atoms with Crippen molar-refractivity contribution in [1.82, 2.24) is 9.97 Å². The van der Waals surface area contributed by atoms with Gasteiger partial charge in [0.25, 0.3) is 0 Å². The molecule has 0 aliphatic rings. The highest BCUT2D eigenvalue weighted by atomic mass is 32.2. The molecule has 30 heavy (non-hydrogen) atoms. The van der Waals surface area contributed by atoms with Gasteiger partial charge in [-0.05, 0) is 43.7 Å². The number of thiophene rings is 1. The number of esters is 1. The van der Waals surface area contributed by atoms with Gasteiger partial charge in [0.15, 0.2) is 0 Å². The summed E-state index contributed by atoms with van der Waals surface area (Å²) in [6, 6.07) is 11.5. The number of carbonyl (C=O) groups excluding carboxylic acids is 1. The summed E-state index contributed by atoms with van der Waals surface area (Å²) in [5.41, 5.74) is 2.18. The van der Waals surface area contributed by atoms with E-state index in [0.717, 1.165) is 37.9 Å². The quantitative estimate of drug-likeness (QED) is 0.206. The van der Waals surface area contributed by atoms with Crippen LogP contribution in [0.2, 0.25) is 0 Å². The molecular formula is C22H20N2O4S2. The molecule has 4 aromatic rings. The highest BCUT2D eigenvalue weighted by Gasteiger charge is 2.17. The van der Waals surface area contributed by atoms with Gasteiger partial charge < -0.3 is 13.9 Å². The Balaban J connectivity index is 1.65. The van der Waals surface area contributed by atoms with Crippen LogP contribution in [-0.4, -0.2) is 29.7 Å². The monoisotopic (exact) mass is 440 g/mol. The van der Waals surface area contributed by atoms with Gasteiger partial charge in [0.05, 0.1) is 24.9 Å². The zero-order valence-corrected chi connectivity index (χ0v) is 18.4. The molecule has 0 saturated heterocycles. The van der Waals surface area contributed by atoms with Crippen molar-refractivity contribution >= 4 is 39.3 Å². The van der Waals surface area contributed by atoms with Crippen molar-refractivity contribution in [3.63, 3.8) is 0 Å². The number of thioether (sulfide) groups is 1. The molecule has 0 atom stereocenters. The molecule has 154 valence electrons. The van der Waals surface area contributed by atoms with E-state index in [4.69, 9.17) is 13.9 Å². The molecular weight excluding hydrogens is 420 g/mol. The first-order valence-electron chi connectivity index (χ1n) is 9.38. The number of aryl methyl sites for hydroxylation is 1. The van der Waals surface area contributed by atoms with Crippen LogP contribution >= 0.6 is 23.1 Å². The molecule has 0 aliphatic heterocycles. The summed E-state index contributed by atoms with van der Waals surface area (Å²) < 4.78 is 15.8. The summed E-state index contributed by atoms with van der Waals surface area (Å²) in [5, 5.41) is 4.03. The summed E-state index contributed by atoms with van der Waals surface area (Å²) in [6.07, 6.45) is 0. The fraction of sp³-hybridized carbons (Fsp3) is 0.227. The Kier molecular flexibility index (Phi) is 6.06. The van der Waals surface area contributed by atoms with Crippen molar-refractivity contribution < 1.29 is 18.7 Å². The first kappa shape index (κ1) is 20.4. The van der Waals surface area contributed by atoms with Gasteiger partial charge >= 0.3 is 5.97 Å². The lowest BCUT2D eigenvalue weighted by Gasteiger charge is -2.07. The minimum absolute atomic E-state index is 0.197. The summed E-state index contributed by atoms with van der Waals surface area (Å²) in [6.45, 7) is 4.50. The average molecular weight is 441 g/mol. The van der Waals surface area contributed by atoms with Crippen LogP contribution in [0.3, 0.4) is 0 Å². The van der Waals surface area contributed by atoms with Crippen LogP contribution in [0.25, 0.3) is 21.3 Å². The predicted octanol–water partition coefficient (Wildman–Crippen LogP) is 5.74. The second-order valence-electron chi connectivity index (χ2n) is 6.41. The molecule has 0 saturated carbocycles. The molecule has 3 heterocycles. The Hall–Kier alpha value is -2.84. The van der Waals surface area contributed by atoms with E-state index in [1.807, 2.05) is 26.0 Å². The van der Waals surface area contributed by atoms with E-state index in [1.165, 1.54) is 7.11 Å². The number of methoxy groups -OCH3 is 1. The van der Waals surface area contributed by atoms with Crippen LogP contribution in [0.15, 0.2) is 51.2 Å². The molecule has 0 spiro atoms. The number of ether oxygens (including phenoxy) is 2. The second-order valence-corrected chi connectivity index (χ2v) is 8.23. The van der Waals surface area contributed by atoms with E-state index in [2.05, 4.69) is 27.5 Å². The molecule has 0 unspecified atom stereocenters. The van der Waals surface area contributed by atoms with Gasteiger partial charge in [0, 0.05) is 10.9 Å². The van der Waals surface area contributed by atoms with E-state index in [0.29, 0.717) is 18.1 Å². The summed E-state index contributed by atoms with van der Waals surface area (Å²) in [5.74, 6) is 2.51. The predicted molar refractivity (Wildman–Crippen MR) is 118 cm³/mol. The van der Waals surface area contributed by atoms with E-state index >= 15 is 0 Å². The Morgan fingerprint density at radius 3 is 2.70 bits per heavy atom. The highest BCUT2D eigenvalue weighted by Crippen LogP contribution is 2.39.